The lowest BCUT2D eigenvalue weighted by atomic mass is 10.3. The van der Waals surface area contributed by atoms with E-state index in [9.17, 15) is 4.39 Å². The molecule has 0 fully saturated rings. The molecule has 1 heterocycles. The Hall–Kier alpha value is -1.14. The molecule has 0 aliphatic carbocycles. The number of hydrogen-bond donors (Lipinski definition) is 1. The molecule has 0 aliphatic rings. The minimum absolute atomic E-state index is 0.186. The summed E-state index contributed by atoms with van der Waals surface area (Å²) in [7, 11) is 0. The van der Waals surface area contributed by atoms with Crippen molar-refractivity contribution in [3.8, 4) is 0 Å². The predicted octanol–water partition coefficient (Wildman–Crippen LogP) is 3.79. The summed E-state index contributed by atoms with van der Waals surface area (Å²) in [5, 5.41) is 8.34. The summed E-state index contributed by atoms with van der Waals surface area (Å²) in [5.74, 6) is 0.442. The number of benzene rings is 1. The third kappa shape index (κ3) is 3.43. The molecule has 1 aromatic carbocycles. The van der Waals surface area contributed by atoms with Gasteiger partial charge in [0.1, 0.15) is 16.5 Å². The second kappa shape index (κ2) is 6.70. The number of anilines is 1. The van der Waals surface area contributed by atoms with Crippen LogP contribution in [0.5, 0.6) is 0 Å². The van der Waals surface area contributed by atoms with Gasteiger partial charge in [-0.15, -0.1) is 16.9 Å². The van der Waals surface area contributed by atoms with Gasteiger partial charge in [-0.1, -0.05) is 23.5 Å². The van der Waals surface area contributed by atoms with Crippen molar-refractivity contribution >= 4 is 28.3 Å². The third-order valence-electron chi connectivity index (χ3n) is 2.29. The summed E-state index contributed by atoms with van der Waals surface area (Å²) >= 11 is 2.79. The fourth-order valence-corrected chi connectivity index (χ4v) is 2.96. The van der Waals surface area contributed by atoms with Gasteiger partial charge in [-0.3, -0.25) is 0 Å². The van der Waals surface area contributed by atoms with Gasteiger partial charge in [0.15, 0.2) is 0 Å². The van der Waals surface area contributed by atoms with Crippen molar-refractivity contribution in [1.29, 1.82) is 0 Å². The Kier molecular flexibility index (Phi) is 4.95. The first-order chi connectivity index (χ1) is 8.81. The molecule has 0 unspecified atom stereocenters. The number of thioether (sulfide) groups is 1. The van der Waals surface area contributed by atoms with Crippen LogP contribution in [0.4, 0.5) is 9.39 Å². The van der Waals surface area contributed by atoms with E-state index in [-0.39, 0.29) is 5.82 Å². The molecule has 1 aromatic heterocycles. The van der Waals surface area contributed by atoms with Crippen LogP contribution >= 0.6 is 23.3 Å². The summed E-state index contributed by atoms with van der Waals surface area (Å²) in [6.07, 6.45) is 1.05. The molecular formula is C12H14FN3S2. The summed E-state index contributed by atoms with van der Waals surface area (Å²) in [6.45, 7) is 3.01. The van der Waals surface area contributed by atoms with Gasteiger partial charge in [0.25, 0.3) is 0 Å². The predicted molar refractivity (Wildman–Crippen MR) is 74.7 cm³/mol. The maximum atomic E-state index is 13.5. The third-order valence-corrected chi connectivity index (χ3v) is 4.08. The van der Waals surface area contributed by atoms with Crippen molar-refractivity contribution in [3.63, 3.8) is 0 Å². The van der Waals surface area contributed by atoms with Gasteiger partial charge < -0.3 is 5.32 Å². The van der Waals surface area contributed by atoms with Crippen LogP contribution in [-0.2, 0) is 5.75 Å². The molecular weight excluding hydrogens is 269 g/mol. The molecule has 2 aromatic rings. The van der Waals surface area contributed by atoms with Crippen LogP contribution in [0.3, 0.4) is 0 Å². The molecule has 0 spiro atoms. The van der Waals surface area contributed by atoms with Crippen molar-refractivity contribution in [2.45, 2.75) is 24.0 Å². The fraction of sp³-hybridized carbons (Fsp3) is 0.333. The smallest absolute Gasteiger partial charge is 0.136 e. The second-order valence-electron chi connectivity index (χ2n) is 3.69. The zero-order valence-electron chi connectivity index (χ0n) is 10.0. The van der Waals surface area contributed by atoms with Crippen molar-refractivity contribution in [2.24, 2.45) is 0 Å². The van der Waals surface area contributed by atoms with Crippen LogP contribution < -0.4 is 5.32 Å². The van der Waals surface area contributed by atoms with E-state index < -0.39 is 0 Å². The molecule has 18 heavy (non-hydrogen) atoms. The van der Waals surface area contributed by atoms with Gasteiger partial charge in [-0.05, 0) is 18.6 Å². The van der Waals surface area contributed by atoms with E-state index in [1.54, 1.807) is 12.1 Å². The lowest BCUT2D eigenvalue weighted by molar-refractivity contribution is 0.602. The van der Waals surface area contributed by atoms with Gasteiger partial charge >= 0.3 is 0 Å². The first kappa shape index (κ1) is 13.3. The number of nitrogens with one attached hydrogen (secondary N) is 1. The first-order valence-electron chi connectivity index (χ1n) is 5.73. The molecule has 0 bridgehead atoms. The number of aromatic nitrogens is 2. The van der Waals surface area contributed by atoms with Crippen LogP contribution in [-0.4, -0.2) is 16.1 Å². The van der Waals surface area contributed by atoms with Crippen LogP contribution in [0.15, 0.2) is 29.2 Å². The summed E-state index contributed by atoms with van der Waals surface area (Å²) in [4.78, 5) is 0.645. The Morgan fingerprint density at radius 3 is 3.00 bits per heavy atom. The summed E-state index contributed by atoms with van der Waals surface area (Å²) in [5.41, 5.74) is 0.890. The topological polar surface area (TPSA) is 37.8 Å². The van der Waals surface area contributed by atoms with Gasteiger partial charge in [0, 0.05) is 28.7 Å². The van der Waals surface area contributed by atoms with Crippen molar-refractivity contribution in [1.82, 2.24) is 9.59 Å². The second-order valence-corrected chi connectivity index (χ2v) is 5.47. The van der Waals surface area contributed by atoms with Gasteiger partial charge in [-0.2, -0.15) is 0 Å². The maximum Gasteiger partial charge on any atom is 0.136 e. The SMILES string of the molecule is CCCNc1snnc1CSc1ccccc1F. The Bertz CT molecular complexity index is 502. The highest BCUT2D eigenvalue weighted by atomic mass is 32.2. The summed E-state index contributed by atoms with van der Waals surface area (Å²) < 4.78 is 17.4. The zero-order valence-corrected chi connectivity index (χ0v) is 11.7. The molecule has 0 saturated carbocycles. The zero-order chi connectivity index (χ0) is 12.8. The van der Waals surface area contributed by atoms with Gasteiger partial charge in [0.05, 0.1) is 0 Å². The van der Waals surface area contributed by atoms with Crippen LogP contribution in [0, 0.1) is 5.82 Å². The number of halogens is 1. The number of rotatable bonds is 6. The van der Waals surface area contributed by atoms with E-state index in [4.69, 9.17) is 0 Å². The molecule has 1 N–H and O–H groups in total. The van der Waals surface area contributed by atoms with E-state index in [1.165, 1.54) is 29.4 Å². The van der Waals surface area contributed by atoms with E-state index in [2.05, 4.69) is 21.8 Å². The summed E-state index contributed by atoms with van der Waals surface area (Å²) in [6, 6.07) is 6.77. The molecule has 0 atom stereocenters. The Labute approximate surface area is 114 Å². The average molecular weight is 283 g/mol. The van der Waals surface area contributed by atoms with E-state index in [0.717, 1.165) is 23.7 Å². The van der Waals surface area contributed by atoms with E-state index in [1.807, 2.05) is 6.07 Å². The highest BCUT2D eigenvalue weighted by Crippen LogP contribution is 2.28. The minimum atomic E-state index is -0.186. The van der Waals surface area contributed by atoms with Crippen LogP contribution in [0.2, 0.25) is 0 Å². The highest BCUT2D eigenvalue weighted by molar-refractivity contribution is 7.98. The van der Waals surface area contributed by atoms with Crippen molar-refractivity contribution < 1.29 is 4.39 Å². The molecule has 96 valence electrons. The highest BCUT2D eigenvalue weighted by Gasteiger charge is 2.09. The van der Waals surface area contributed by atoms with Gasteiger partial charge in [0.2, 0.25) is 0 Å². The standard InChI is InChI=1S/C12H14FN3S2/c1-2-7-14-12-10(15-16-18-12)8-17-11-6-4-3-5-9(11)13/h3-6,14H,2,7-8H2,1H3. The normalized spacial score (nSPS) is 10.6. The fourth-order valence-electron chi connectivity index (χ4n) is 1.38. The molecule has 0 aliphatic heterocycles. The average Bonchev–Trinajstić information content (AvgIpc) is 2.83. The van der Waals surface area contributed by atoms with Crippen LogP contribution in [0.1, 0.15) is 19.0 Å². The Balaban J connectivity index is 1.98. The molecule has 0 amide bonds. The monoisotopic (exact) mass is 283 g/mol. The molecule has 6 heteroatoms. The lowest BCUT2D eigenvalue weighted by Crippen LogP contribution is -2.00. The molecule has 0 saturated heterocycles. The Morgan fingerprint density at radius 2 is 2.22 bits per heavy atom. The molecule has 3 nitrogen and oxygen atoms in total. The maximum absolute atomic E-state index is 13.5. The lowest BCUT2D eigenvalue weighted by Gasteiger charge is -2.04. The number of nitrogens with zero attached hydrogens (tertiary/aromatic N) is 2. The largest absolute Gasteiger partial charge is 0.374 e. The quantitative estimate of drug-likeness (QED) is 0.818. The van der Waals surface area contributed by atoms with Crippen molar-refractivity contribution in [3.05, 3.63) is 35.8 Å². The Morgan fingerprint density at radius 1 is 1.39 bits per heavy atom. The molecule has 2 rings (SSSR count). The van der Waals surface area contributed by atoms with Crippen molar-refractivity contribution in [2.75, 3.05) is 11.9 Å². The first-order valence-corrected chi connectivity index (χ1v) is 7.49. The minimum Gasteiger partial charge on any atom is -0.374 e. The van der Waals surface area contributed by atoms with Gasteiger partial charge in [-0.25, -0.2) is 4.39 Å². The van der Waals surface area contributed by atoms with Crippen LogP contribution in [0.25, 0.3) is 0 Å². The van der Waals surface area contributed by atoms with E-state index in [0.29, 0.717) is 10.6 Å². The number of hydrogen-bond acceptors (Lipinski definition) is 5. The molecule has 0 radical (unpaired) electrons. The van der Waals surface area contributed by atoms with E-state index >= 15 is 0 Å².